The quantitative estimate of drug-likeness (QED) is 0.651. The number of amides is 4. The average Bonchev–Trinajstić information content (AvgIpc) is 2.66. The van der Waals surface area contributed by atoms with Gasteiger partial charge in [-0.1, -0.05) is 36.8 Å². The van der Waals surface area contributed by atoms with E-state index in [0.29, 0.717) is 17.9 Å². The van der Waals surface area contributed by atoms with Gasteiger partial charge in [0.2, 0.25) is 0 Å². The van der Waals surface area contributed by atoms with E-state index in [4.69, 9.17) is 4.74 Å². The highest BCUT2D eigenvalue weighted by molar-refractivity contribution is 6.39. The molecule has 2 aromatic carbocycles. The summed E-state index contributed by atoms with van der Waals surface area (Å²) in [6.45, 7) is 4.55. The molecule has 0 aromatic heterocycles. The Hall–Kier alpha value is -3.41. The average molecular weight is 364 g/mol. The number of barbiturate groups is 1. The molecule has 0 bridgehead atoms. The Morgan fingerprint density at radius 2 is 1.67 bits per heavy atom. The molecular formula is C21H20N2O4. The number of aryl methyl sites for hydroxylation is 1. The smallest absolute Gasteiger partial charge is 0.335 e. The predicted molar refractivity (Wildman–Crippen MR) is 102 cm³/mol. The Kier molecular flexibility index (Phi) is 5.35. The van der Waals surface area contributed by atoms with Gasteiger partial charge in [-0.3, -0.25) is 14.9 Å². The lowest BCUT2D eigenvalue weighted by Crippen LogP contribution is -2.54. The van der Waals surface area contributed by atoms with Crippen LogP contribution in [0.2, 0.25) is 0 Å². The number of ether oxygens (including phenoxy) is 1. The molecule has 1 saturated heterocycles. The SMILES string of the molecule is CCCOc1ccc(/C=C2\C(=O)NC(=O)N(c3ccc(C)cc3)C2=O)cc1. The second kappa shape index (κ2) is 7.86. The summed E-state index contributed by atoms with van der Waals surface area (Å²) < 4.78 is 5.52. The van der Waals surface area contributed by atoms with Gasteiger partial charge in [0, 0.05) is 0 Å². The van der Waals surface area contributed by atoms with Gasteiger partial charge in [0.05, 0.1) is 12.3 Å². The molecule has 6 nitrogen and oxygen atoms in total. The number of hydrogen-bond donors (Lipinski definition) is 1. The van der Waals surface area contributed by atoms with E-state index in [1.54, 1.807) is 48.5 Å². The minimum Gasteiger partial charge on any atom is -0.494 e. The first-order valence-electron chi connectivity index (χ1n) is 8.70. The number of urea groups is 1. The maximum absolute atomic E-state index is 12.8. The van der Waals surface area contributed by atoms with Crippen LogP contribution >= 0.6 is 0 Å². The van der Waals surface area contributed by atoms with E-state index < -0.39 is 17.8 Å². The summed E-state index contributed by atoms with van der Waals surface area (Å²) in [4.78, 5) is 38.1. The largest absolute Gasteiger partial charge is 0.494 e. The van der Waals surface area contributed by atoms with Gasteiger partial charge in [0.1, 0.15) is 11.3 Å². The summed E-state index contributed by atoms with van der Waals surface area (Å²) >= 11 is 0. The molecule has 6 heteroatoms. The molecule has 0 spiro atoms. The van der Waals surface area contributed by atoms with Crippen LogP contribution in [0.4, 0.5) is 10.5 Å². The van der Waals surface area contributed by atoms with Crippen molar-refractivity contribution < 1.29 is 19.1 Å². The third-order valence-corrected chi connectivity index (χ3v) is 4.06. The van der Waals surface area contributed by atoms with Crippen LogP contribution in [0.15, 0.2) is 54.1 Å². The molecule has 27 heavy (non-hydrogen) atoms. The normalized spacial score (nSPS) is 15.9. The monoisotopic (exact) mass is 364 g/mol. The van der Waals surface area contributed by atoms with E-state index in [1.165, 1.54) is 6.08 Å². The van der Waals surface area contributed by atoms with Gasteiger partial charge >= 0.3 is 6.03 Å². The summed E-state index contributed by atoms with van der Waals surface area (Å²) in [5, 5.41) is 2.22. The fourth-order valence-electron chi connectivity index (χ4n) is 2.63. The Balaban J connectivity index is 1.88. The Morgan fingerprint density at radius 1 is 1.00 bits per heavy atom. The third kappa shape index (κ3) is 4.06. The van der Waals surface area contributed by atoms with Crippen LogP contribution in [-0.4, -0.2) is 24.5 Å². The molecular weight excluding hydrogens is 344 g/mol. The van der Waals surface area contributed by atoms with E-state index in [0.717, 1.165) is 22.6 Å². The number of nitrogens with one attached hydrogen (secondary N) is 1. The number of carbonyl (C=O) groups is 3. The van der Waals surface area contributed by atoms with Crippen LogP contribution in [0.25, 0.3) is 6.08 Å². The topological polar surface area (TPSA) is 75.7 Å². The van der Waals surface area contributed by atoms with Crippen LogP contribution in [0, 0.1) is 6.92 Å². The molecule has 138 valence electrons. The van der Waals surface area contributed by atoms with Crippen molar-refractivity contribution in [2.75, 3.05) is 11.5 Å². The summed E-state index contributed by atoms with van der Waals surface area (Å²) in [5.41, 5.74) is 1.97. The predicted octanol–water partition coefficient (Wildman–Crippen LogP) is 3.45. The molecule has 0 radical (unpaired) electrons. The number of imide groups is 2. The standard InChI is InChI=1S/C21H20N2O4/c1-3-12-27-17-10-6-15(7-11-17)13-18-19(24)22-21(26)23(20(18)25)16-8-4-14(2)5-9-16/h4-11,13H,3,12H2,1-2H3,(H,22,24,26)/b18-13+. The van der Waals surface area contributed by atoms with Crippen LogP contribution in [0.1, 0.15) is 24.5 Å². The minimum absolute atomic E-state index is 0.0996. The van der Waals surface area contributed by atoms with Gasteiger partial charge < -0.3 is 4.74 Å². The van der Waals surface area contributed by atoms with Crippen molar-refractivity contribution in [1.82, 2.24) is 5.32 Å². The lowest BCUT2D eigenvalue weighted by Gasteiger charge is -2.26. The highest BCUT2D eigenvalue weighted by Gasteiger charge is 2.36. The van der Waals surface area contributed by atoms with Crippen molar-refractivity contribution in [2.45, 2.75) is 20.3 Å². The van der Waals surface area contributed by atoms with Crippen molar-refractivity contribution in [2.24, 2.45) is 0 Å². The fraction of sp³-hybridized carbons (Fsp3) is 0.190. The summed E-state index contributed by atoms with van der Waals surface area (Å²) in [7, 11) is 0. The van der Waals surface area contributed by atoms with Gasteiger partial charge in [-0.05, 0) is 49.2 Å². The van der Waals surface area contributed by atoms with Crippen LogP contribution in [-0.2, 0) is 9.59 Å². The molecule has 1 aliphatic rings. The van der Waals surface area contributed by atoms with E-state index in [2.05, 4.69) is 5.32 Å². The molecule has 0 atom stereocenters. The van der Waals surface area contributed by atoms with Gasteiger partial charge in [-0.15, -0.1) is 0 Å². The fourth-order valence-corrected chi connectivity index (χ4v) is 2.63. The summed E-state index contributed by atoms with van der Waals surface area (Å²) in [6, 6.07) is 13.2. The molecule has 1 fully saturated rings. The molecule has 0 saturated carbocycles. The Bertz CT molecular complexity index is 899. The molecule has 2 aromatic rings. The van der Waals surface area contributed by atoms with Crippen molar-refractivity contribution in [1.29, 1.82) is 0 Å². The zero-order chi connectivity index (χ0) is 19.4. The van der Waals surface area contributed by atoms with Crippen molar-refractivity contribution in [3.05, 3.63) is 65.2 Å². The molecule has 4 amide bonds. The molecule has 1 heterocycles. The van der Waals surface area contributed by atoms with Crippen LogP contribution < -0.4 is 15.0 Å². The Labute approximate surface area is 157 Å². The molecule has 1 aliphatic heterocycles. The maximum Gasteiger partial charge on any atom is 0.335 e. The first-order chi connectivity index (χ1) is 13.0. The number of hydrogen-bond acceptors (Lipinski definition) is 4. The van der Waals surface area contributed by atoms with Gasteiger partial charge in [0.25, 0.3) is 11.8 Å². The van der Waals surface area contributed by atoms with Crippen LogP contribution in [0.3, 0.4) is 0 Å². The second-order valence-corrected chi connectivity index (χ2v) is 6.21. The van der Waals surface area contributed by atoms with Gasteiger partial charge in [-0.25, -0.2) is 9.69 Å². The molecule has 1 N–H and O–H groups in total. The lowest BCUT2D eigenvalue weighted by molar-refractivity contribution is -0.122. The van der Waals surface area contributed by atoms with Gasteiger partial charge in [0.15, 0.2) is 0 Å². The first kappa shape index (κ1) is 18.4. The number of rotatable bonds is 5. The van der Waals surface area contributed by atoms with E-state index in [-0.39, 0.29) is 5.57 Å². The zero-order valence-corrected chi connectivity index (χ0v) is 15.2. The zero-order valence-electron chi connectivity index (χ0n) is 15.2. The number of anilines is 1. The second-order valence-electron chi connectivity index (χ2n) is 6.21. The van der Waals surface area contributed by atoms with Crippen LogP contribution in [0.5, 0.6) is 5.75 Å². The van der Waals surface area contributed by atoms with Crippen molar-refractivity contribution in [3.63, 3.8) is 0 Å². The van der Waals surface area contributed by atoms with Gasteiger partial charge in [-0.2, -0.15) is 0 Å². The third-order valence-electron chi connectivity index (χ3n) is 4.06. The van der Waals surface area contributed by atoms with Crippen molar-refractivity contribution in [3.8, 4) is 5.75 Å². The molecule has 0 aliphatic carbocycles. The molecule has 3 rings (SSSR count). The van der Waals surface area contributed by atoms with E-state index in [9.17, 15) is 14.4 Å². The first-order valence-corrected chi connectivity index (χ1v) is 8.70. The minimum atomic E-state index is -0.755. The van der Waals surface area contributed by atoms with E-state index >= 15 is 0 Å². The summed E-state index contributed by atoms with van der Waals surface area (Å²) in [6.07, 6.45) is 2.37. The number of nitrogens with zero attached hydrogens (tertiary/aromatic N) is 1. The number of carbonyl (C=O) groups excluding carboxylic acids is 3. The summed E-state index contributed by atoms with van der Waals surface area (Å²) in [5.74, 6) is -0.645. The number of benzene rings is 2. The van der Waals surface area contributed by atoms with E-state index in [1.807, 2.05) is 13.8 Å². The highest BCUT2D eigenvalue weighted by Crippen LogP contribution is 2.23. The van der Waals surface area contributed by atoms with Crippen molar-refractivity contribution >= 4 is 29.6 Å². The highest BCUT2D eigenvalue weighted by atomic mass is 16.5. The lowest BCUT2D eigenvalue weighted by atomic mass is 10.1. The maximum atomic E-state index is 12.8. The Morgan fingerprint density at radius 3 is 2.30 bits per heavy atom. The molecule has 0 unspecified atom stereocenters.